The van der Waals surface area contributed by atoms with E-state index in [2.05, 4.69) is 5.32 Å². The maximum Gasteiger partial charge on any atom is 0.322 e. The average Bonchev–Trinajstić information content (AvgIpc) is 2.25. The van der Waals surface area contributed by atoms with E-state index >= 15 is 0 Å². The number of nitrogens with one attached hydrogen (secondary N) is 1. The minimum Gasteiger partial charge on any atom is -0.480 e. The summed E-state index contributed by atoms with van der Waals surface area (Å²) in [5.41, 5.74) is -2.27. The molecule has 0 heterocycles. The standard InChI is InChI=1S/C8H6FN3O6/c9-4-1-5(10-3-8(13)14)7(12(17)18)2-6(4)11(15)16/h1-2,10H,3H2,(H,13,14). The molecule has 0 spiro atoms. The van der Waals surface area contributed by atoms with Gasteiger partial charge in [0.1, 0.15) is 12.2 Å². The minimum atomic E-state index is -1.32. The number of nitro benzene ring substituents is 2. The summed E-state index contributed by atoms with van der Waals surface area (Å²) in [5.74, 6) is -2.61. The predicted molar refractivity (Wildman–Crippen MR) is 55.8 cm³/mol. The van der Waals surface area contributed by atoms with Gasteiger partial charge in [0.2, 0.25) is 5.82 Å². The fourth-order valence-corrected chi connectivity index (χ4v) is 1.15. The number of nitro groups is 2. The first kappa shape index (κ1) is 13.3. The van der Waals surface area contributed by atoms with Gasteiger partial charge in [-0.25, -0.2) is 0 Å². The summed E-state index contributed by atoms with van der Waals surface area (Å²) in [6, 6.07) is 0.943. The second-order valence-electron chi connectivity index (χ2n) is 3.08. The third-order valence-electron chi connectivity index (χ3n) is 1.89. The van der Waals surface area contributed by atoms with Crippen molar-refractivity contribution in [1.29, 1.82) is 0 Å². The number of aliphatic carboxylic acids is 1. The molecule has 0 saturated heterocycles. The van der Waals surface area contributed by atoms with Crippen LogP contribution in [-0.4, -0.2) is 27.5 Å². The molecular formula is C8H6FN3O6. The van der Waals surface area contributed by atoms with Gasteiger partial charge >= 0.3 is 11.7 Å². The average molecular weight is 259 g/mol. The Morgan fingerprint density at radius 3 is 2.28 bits per heavy atom. The number of benzene rings is 1. The van der Waals surface area contributed by atoms with Crippen molar-refractivity contribution in [2.45, 2.75) is 0 Å². The van der Waals surface area contributed by atoms with Crippen LogP contribution >= 0.6 is 0 Å². The Kier molecular flexibility index (Phi) is 3.72. The summed E-state index contributed by atoms with van der Waals surface area (Å²) in [7, 11) is 0. The van der Waals surface area contributed by atoms with Crippen LogP contribution < -0.4 is 5.32 Å². The molecule has 0 amide bonds. The minimum absolute atomic E-state index is 0.430. The summed E-state index contributed by atoms with van der Waals surface area (Å²) >= 11 is 0. The van der Waals surface area contributed by atoms with Gasteiger partial charge < -0.3 is 10.4 Å². The van der Waals surface area contributed by atoms with Crippen LogP contribution in [0.1, 0.15) is 0 Å². The lowest BCUT2D eigenvalue weighted by Gasteiger charge is -2.04. The molecule has 1 aromatic rings. The molecule has 1 aromatic carbocycles. The first-order valence-corrected chi connectivity index (χ1v) is 4.41. The van der Waals surface area contributed by atoms with Gasteiger partial charge in [-0.15, -0.1) is 0 Å². The molecule has 10 heteroatoms. The van der Waals surface area contributed by atoms with Gasteiger partial charge in [-0.1, -0.05) is 0 Å². The molecule has 0 atom stereocenters. The summed E-state index contributed by atoms with van der Waals surface area (Å²) < 4.78 is 13.2. The number of hydrogen-bond donors (Lipinski definition) is 2. The maximum absolute atomic E-state index is 13.2. The van der Waals surface area contributed by atoms with Crippen LogP contribution in [-0.2, 0) is 4.79 Å². The zero-order valence-electron chi connectivity index (χ0n) is 8.62. The number of nitrogens with zero attached hydrogens (tertiary/aromatic N) is 2. The van der Waals surface area contributed by atoms with Gasteiger partial charge in [0.25, 0.3) is 5.69 Å². The molecule has 0 saturated carbocycles. The van der Waals surface area contributed by atoms with E-state index in [0.29, 0.717) is 12.1 Å². The lowest BCUT2D eigenvalue weighted by molar-refractivity contribution is -0.395. The lowest BCUT2D eigenvalue weighted by atomic mass is 10.2. The molecule has 18 heavy (non-hydrogen) atoms. The summed E-state index contributed by atoms with van der Waals surface area (Å²) in [6.45, 7) is -0.682. The quantitative estimate of drug-likeness (QED) is 0.597. The summed E-state index contributed by atoms with van der Waals surface area (Å²) in [4.78, 5) is 29.2. The van der Waals surface area contributed by atoms with E-state index in [1.165, 1.54) is 0 Å². The van der Waals surface area contributed by atoms with Crippen LogP contribution in [0.2, 0.25) is 0 Å². The molecule has 0 aliphatic heterocycles. The fraction of sp³-hybridized carbons (Fsp3) is 0.125. The highest BCUT2D eigenvalue weighted by molar-refractivity contribution is 5.75. The summed E-state index contributed by atoms with van der Waals surface area (Å²) in [5, 5.41) is 31.5. The van der Waals surface area contributed by atoms with Gasteiger partial charge in [-0.2, -0.15) is 4.39 Å². The molecule has 0 unspecified atom stereocenters. The van der Waals surface area contributed by atoms with Crippen LogP contribution in [0.25, 0.3) is 0 Å². The zero-order chi connectivity index (χ0) is 13.9. The van der Waals surface area contributed by atoms with Gasteiger partial charge in [0.15, 0.2) is 0 Å². The Labute approximate surface area is 98.1 Å². The second kappa shape index (κ2) is 5.03. The van der Waals surface area contributed by atoms with Crippen molar-refractivity contribution in [1.82, 2.24) is 0 Å². The number of carbonyl (C=O) groups is 1. The number of halogens is 1. The van der Waals surface area contributed by atoms with E-state index in [4.69, 9.17) is 5.11 Å². The smallest absolute Gasteiger partial charge is 0.322 e. The first-order valence-electron chi connectivity index (χ1n) is 4.41. The molecule has 0 aliphatic rings. The van der Waals surface area contributed by atoms with Crippen molar-refractivity contribution in [3.8, 4) is 0 Å². The topological polar surface area (TPSA) is 136 Å². The first-order chi connectivity index (χ1) is 8.32. The van der Waals surface area contributed by atoms with Crippen molar-refractivity contribution in [2.75, 3.05) is 11.9 Å². The predicted octanol–water partition coefficient (Wildman–Crippen LogP) is 1.14. The molecule has 0 bridgehead atoms. The monoisotopic (exact) mass is 259 g/mol. The molecule has 0 aromatic heterocycles. The third kappa shape index (κ3) is 2.87. The number of carboxylic acid groups (broad SMARTS) is 1. The molecule has 9 nitrogen and oxygen atoms in total. The SMILES string of the molecule is O=C(O)CNc1cc(F)c([N+](=O)[O-])cc1[N+](=O)[O-]. The van der Waals surface area contributed by atoms with Crippen LogP contribution in [0.3, 0.4) is 0 Å². The number of anilines is 1. The van der Waals surface area contributed by atoms with Crippen molar-refractivity contribution in [3.63, 3.8) is 0 Å². The van der Waals surface area contributed by atoms with Crippen LogP contribution in [0.4, 0.5) is 21.5 Å². The summed E-state index contributed by atoms with van der Waals surface area (Å²) in [6.07, 6.45) is 0. The highest BCUT2D eigenvalue weighted by Crippen LogP contribution is 2.31. The Hall–Kier alpha value is -2.78. The van der Waals surface area contributed by atoms with E-state index in [0.717, 1.165) is 0 Å². The van der Waals surface area contributed by atoms with Crippen molar-refractivity contribution in [2.24, 2.45) is 0 Å². The number of rotatable bonds is 5. The highest BCUT2D eigenvalue weighted by Gasteiger charge is 2.24. The van der Waals surface area contributed by atoms with E-state index in [-0.39, 0.29) is 0 Å². The fourth-order valence-electron chi connectivity index (χ4n) is 1.15. The van der Waals surface area contributed by atoms with E-state index in [1.807, 2.05) is 0 Å². The van der Waals surface area contributed by atoms with Crippen LogP contribution in [0.5, 0.6) is 0 Å². The van der Waals surface area contributed by atoms with Crippen LogP contribution in [0.15, 0.2) is 12.1 Å². The Balaban J connectivity index is 3.24. The molecule has 0 aliphatic carbocycles. The van der Waals surface area contributed by atoms with Crippen molar-refractivity contribution >= 4 is 23.0 Å². The lowest BCUT2D eigenvalue weighted by Crippen LogP contribution is -2.13. The Morgan fingerprint density at radius 1 is 1.28 bits per heavy atom. The highest BCUT2D eigenvalue weighted by atomic mass is 19.1. The number of carboxylic acids is 1. The molecule has 1 rings (SSSR count). The van der Waals surface area contributed by atoms with Gasteiger partial charge in [0.05, 0.1) is 15.9 Å². The zero-order valence-corrected chi connectivity index (χ0v) is 8.62. The third-order valence-corrected chi connectivity index (χ3v) is 1.89. The van der Waals surface area contributed by atoms with Gasteiger partial charge in [-0.3, -0.25) is 25.0 Å². The molecule has 0 radical (unpaired) electrons. The number of hydrogen-bond acceptors (Lipinski definition) is 6. The Morgan fingerprint density at radius 2 is 1.83 bits per heavy atom. The van der Waals surface area contributed by atoms with E-state index in [1.54, 1.807) is 0 Å². The van der Waals surface area contributed by atoms with Crippen LogP contribution in [0, 0.1) is 26.0 Å². The van der Waals surface area contributed by atoms with Gasteiger partial charge in [0, 0.05) is 6.07 Å². The second-order valence-corrected chi connectivity index (χ2v) is 3.08. The van der Waals surface area contributed by atoms with Crippen molar-refractivity contribution < 1.29 is 24.1 Å². The van der Waals surface area contributed by atoms with E-state index in [9.17, 15) is 29.4 Å². The molecule has 0 fully saturated rings. The molecular weight excluding hydrogens is 253 g/mol. The van der Waals surface area contributed by atoms with Gasteiger partial charge in [-0.05, 0) is 0 Å². The van der Waals surface area contributed by atoms with E-state index < -0.39 is 45.2 Å². The molecule has 2 N–H and O–H groups in total. The maximum atomic E-state index is 13.2. The van der Waals surface area contributed by atoms with Crippen molar-refractivity contribution in [3.05, 3.63) is 38.2 Å². The Bertz CT molecular complexity index is 532. The normalized spacial score (nSPS) is 9.83. The largest absolute Gasteiger partial charge is 0.480 e. The molecule has 96 valence electrons.